The molecule has 3 aromatic rings. The number of primary sulfonamides is 1. The lowest BCUT2D eigenvalue weighted by atomic mass is 10.2. The Labute approximate surface area is 162 Å². The first-order valence-corrected chi connectivity index (χ1v) is 9.93. The van der Waals surface area contributed by atoms with Gasteiger partial charge in [0, 0.05) is 23.9 Å². The fourth-order valence-electron chi connectivity index (χ4n) is 2.46. The van der Waals surface area contributed by atoms with Crippen LogP contribution < -0.4 is 20.2 Å². The second-order valence-electron chi connectivity index (χ2n) is 6.26. The number of nitrogens with zero attached hydrogens (tertiary/aromatic N) is 1. The Kier molecular flexibility index (Phi) is 5.48. The number of H-pyrrole nitrogens is 1. The molecule has 28 heavy (non-hydrogen) atoms. The Bertz CT molecular complexity index is 1140. The van der Waals surface area contributed by atoms with Crippen molar-refractivity contribution in [1.82, 2.24) is 9.97 Å². The highest BCUT2D eigenvalue weighted by molar-refractivity contribution is 7.89. The second-order valence-corrected chi connectivity index (χ2v) is 7.82. The van der Waals surface area contributed by atoms with Gasteiger partial charge in [0.15, 0.2) is 0 Å². The fraction of sp³-hybridized carbons (Fsp3) is 0.158. The van der Waals surface area contributed by atoms with E-state index in [1.165, 1.54) is 36.5 Å². The van der Waals surface area contributed by atoms with Gasteiger partial charge in [-0.15, -0.1) is 0 Å². The van der Waals surface area contributed by atoms with Gasteiger partial charge in [-0.2, -0.15) is 0 Å². The number of nitrogens with two attached hydrogens (primary N) is 1. The van der Waals surface area contributed by atoms with Gasteiger partial charge in [0.1, 0.15) is 23.1 Å². The predicted octanol–water partition coefficient (Wildman–Crippen LogP) is 2.66. The summed E-state index contributed by atoms with van der Waals surface area (Å²) in [6, 6.07) is 12.2. The summed E-state index contributed by atoms with van der Waals surface area (Å²) in [6.45, 7) is 3.78. The van der Waals surface area contributed by atoms with E-state index in [4.69, 9.17) is 14.6 Å². The van der Waals surface area contributed by atoms with Crippen LogP contribution in [0.25, 0.3) is 11.4 Å². The molecule has 0 aliphatic carbocycles. The third-order valence-corrected chi connectivity index (χ3v) is 4.51. The molecule has 0 amide bonds. The molecular weight excluding hydrogens is 382 g/mol. The van der Waals surface area contributed by atoms with Crippen LogP contribution in [-0.2, 0) is 10.0 Å². The molecule has 0 aliphatic heterocycles. The number of aromatic nitrogens is 2. The molecule has 8 nitrogen and oxygen atoms in total. The molecule has 146 valence electrons. The van der Waals surface area contributed by atoms with Crippen LogP contribution in [0.3, 0.4) is 0 Å². The molecule has 3 rings (SSSR count). The zero-order valence-electron chi connectivity index (χ0n) is 15.2. The van der Waals surface area contributed by atoms with Gasteiger partial charge in [-0.3, -0.25) is 4.79 Å². The minimum absolute atomic E-state index is 0.0107. The van der Waals surface area contributed by atoms with Gasteiger partial charge in [0.05, 0.1) is 11.0 Å². The number of aromatic amines is 1. The molecule has 0 aliphatic rings. The summed E-state index contributed by atoms with van der Waals surface area (Å²) in [6.07, 6.45) is 1.34. The summed E-state index contributed by atoms with van der Waals surface area (Å²) in [7, 11) is -3.78. The normalized spacial score (nSPS) is 11.4. The van der Waals surface area contributed by atoms with Crippen LogP contribution in [0.15, 0.2) is 64.4 Å². The topological polar surface area (TPSA) is 124 Å². The fourth-order valence-corrected chi connectivity index (χ4v) is 2.97. The number of nitrogens with one attached hydrogen (secondary N) is 1. The highest BCUT2D eigenvalue weighted by atomic mass is 32.2. The van der Waals surface area contributed by atoms with Gasteiger partial charge in [0.25, 0.3) is 5.56 Å². The molecule has 0 bridgehead atoms. The van der Waals surface area contributed by atoms with Gasteiger partial charge >= 0.3 is 0 Å². The first-order valence-electron chi connectivity index (χ1n) is 8.39. The molecule has 0 fully saturated rings. The predicted molar refractivity (Wildman–Crippen MR) is 104 cm³/mol. The molecule has 3 N–H and O–H groups in total. The zero-order chi connectivity index (χ0) is 20.3. The Balaban J connectivity index is 1.97. The minimum atomic E-state index is -3.78. The van der Waals surface area contributed by atoms with Crippen LogP contribution in [0.5, 0.6) is 17.2 Å². The Morgan fingerprint density at radius 3 is 2.29 bits per heavy atom. The summed E-state index contributed by atoms with van der Waals surface area (Å²) < 4.78 is 34.3. The molecule has 2 aromatic carbocycles. The van der Waals surface area contributed by atoms with Crippen molar-refractivity contribution in [3.8, 4) is 28.6 Å². The van der Waals surface area contributed by atoms with Crippen LogP contribution in [0.2, 0.25) is 0 Å². The zero-order valence-corrected chi connectivity index (χ0v) is 16.1. The second kappa shape index (κ2) is 7.83. The van der Waals surface area contributed by atoms with E-state index in [0.29, 0.717) is 28.6 Å². The lowest BCUT2D eigenvalue weighted by Gasteiger charge is -2.14. The lowest BCUT2D eigenvalue weighted by molar-refractivity contribution is 0.241. The van der Waals surface area contributed by atoms with E-state index in [1.807, 2.05) is 13.8 Å². The molecule has 1 aromatic heterocycles. The molecule has 0 radical (unpaired) electrons. The summed E-state index contributed by atoms with van der Waals surface area (Å²) >= 11 is 0. The maximum absolute atomic E-state index is 11.6. The monoisotopic (exact) mass is 401 g/mol. The van der Waals surface area contributed by atoms with Crippen molar-refractivity contribution in [2.24, 2.45) is 5.14 Å². The summed E-state index contributed by atoms with van der Waals surface area (Å²) in [5.74, 6) is 1.75. The van der Waals surface area contributed by atoms with E-state index >= 15 is 0 Å². The number of hydrogen-bond acceptors (Lipinski definition) is 6. The van der Waals surface area contributed by atoms with Crippen LogP contribution >= 0.6 is 0 Å². The highest BCUT2D eigenvalue weighted by Crippen LogP contribution is 2.31. The summed E-state index contributed by atoms with van der Waals surface area (Å²) in [5, 5.41) is 5.10. The van der Waals surface area contributed by atoms with E-state index in [2.05, 4.69) is 9.97 Å². The van der Waals surface area contributed by atoms with Crippen LogP contribution in [-0.4, -0.2) is 24.5 Å². The molecule has 0 atom stereocenters. The Morgan fingerprint density at radius 1 is 1.00 bits per heavy atom. The van der Waals surface area contributed by atoms with E-state index in [0.717, 1.165) is 0 Å². The quantitative estimate of drug-likeness (QED) is 0.654. The molecule has 1 heterocycles. The van der Waals surface area contributed by atoms with Crippen molar-refractivity contribution in [2.75, 3.05) is 0 Å². The summed E-state index contributed by atoms with van der Waals surface area (Å²) in [5.41, 5.74) is 0.327. The van der Waals surface area contributed by atoms with Crippen molar-refractivity contribution in [2.45, 2.75) is 24.8 Å². The average Bonchev–Trinajstić information content (AvgIpc) is 2.60. The third-order valence-electron chi connectivity index (χ3n) is 3.58. The number of sulfonamides is 1. The van der Waals surface area contributed by atoms with Gasteiger partial charge < -0.3 is 14.5 Å². The van der Waals surface area contributed by atoms with Gasteiger partial charge in [-0.25, -0.2) is 18.5 Å². The molecular formula is C19H19N3O5S. The van der Waals surface area contributed by atoms with E-state index in [1.54, 1.807) is 18.2 Å². The van der Waals surface area contributed by atoms with Gasteiger partial charge in [0.2, 0.25) is 10.0 Å². The van der Waals surface area contributed by atoms with E-state index in [-0.39, 0.29) is 16.6 Å². The smallest absolute Gasteiger partial charge is 0.251 e. The maximum Gasteiger partial charge on any atom is 0.251 e. The van der Waals surface area contributed by atoms with Crippen LogP contribution in [0.1, 0.15) is 13.8 Å². The van der Waals surface area contributed by atoms with Gasteiger partial charge in [-0.1, -0.05) is 0 Å². The first-order chi connectivity index (χ1) is 13.2. The molecule has 0 saturated carbocycles. The van der Waals surface area contributed by atoms with Crippen molar-refractivity contribution in [3.63, 3.8) is 0 Å². The number of benzene rings is 2. The van der Waals surface area contributed by atoms with Crippen LogP contribution in [0.4, 0.5) is 0 Å². The van der Waals surface area contributed by atoms with Gasteiger partial charge in [-0.05, 0) is 50.2 Å². The average molecular weight is 401 g/mol. The Morgan fingerprint density at radius 2 is 1.68 bits per heavy atom. The summed E-state index contributed by atoms with van der Waals surface area (Å²) in [4.78, 5) is 18.4. The van der Waals surface area contributed by atoms with E-state index < -0.39 is 10.0 Å². The molecule has 0 spiro atoms. The minimum Gasteiger partial charge on any atom is -0.491 e. The molecule has 0 saturated heterocycles. The SMILES string of the molecule is CC(C)Oc1cc(Oc2ccc(S(N)(=O)=O)cc2)cc(-c2nccc(=O)[nH]2)c1. The van der Waals surface area contributed by atoms with E-state index in [9.17, 15) is 13.2 Å². The third kappa shape index (κ3) is 4.96. The van der Waals surface area contributed by atoms with Crippen molar-refractivity contribution >= 4 is 10.0 Å². The number of rotatable bonds is 6. The van der Waals surface area contributed by atoms with Crippen molar-refractivity contribution in [1.29, 1.82) is 0 Å². The van der Waals surface area contributed by atoms with Crippen molar-refractivity contribution in [3.05, 3.63) is 65.1 Å². The number of ether oxygens (including phenoxy) is 2. The van der Waals surface area contributed by atoms with Crippen molar-refractivity contribution < 1.29 is 17.9 Å². The lowest BCUT2D eigenvalue weighted by Crippen LogP contribution is -2.11. The standard InChI is InChI=1S/C19H19N3O5S/c1-12(2)26-15-9-13(19-21-8-7-18(23)22-19)10-16(11-15)27-14-3-5-17(6-4-14)28(20,24)25/h3-12H,1-2H3,(H2,20,24,25)(H,21,22,23). The maximum atomic E-state index is 11.6. The Hall–Kier alpha value is -3.17. The number of hydrogen-bond donors (Lipinski definition) is 2. The highest BCUT2D eigenvalue weighted by Gasteiger charge is 2.11. The largest absolute Gasteiger partial charge is 0.491 e. The first kappa shape index (κ1) is 19.6. The molecule has 9 heteroatoms. The molecule has 0 unspecified atom stereocenters. The van der Waals surface area contributed by atoms with Crippen LogP contribution in [0, 0.1) is 0 Å².